The largest absolute Gasteiger partial charge is 0.385 e. The van der Waals surface area contributed by atoms with Gasteiger partial charge >= 0.3 is 0 Å². The molecule has 0 fully saturated rings. The molecule has 0 spiro atoms. The Balaban J connectivity index is 1.82. The van der Waals surface area contributed by atoms with Crippen molar-refractivity contribution in [2.45, 2.75) is 65.5 Å². The highest BCUT2D eigenvalue weighted by Crippen LogP contribution is 2.26. The van der Waals surface area contributed by atoms with E-state index in [9.17, 15) is 0 Å². The molecule has 0 radical (unpaired) electrons. The Kier molecular flexibility index (Phi) is 5.90. The number of hydrogen-bond donors (Lipinski definition) is 2. The highest BCUT2D eigenvalue weighted by molar-refractivity contribution is 5.59. The van der Waals surface area contributed by atoms with Crippen molar-refractivity contribution in [3.63, 3.8) is 0 Å². The van der Waals surface area contributed by atoms with E-state index in [2.05, 4.69) is 49.6 Å². The number of para-hydroxylation sites is 1. The maximum absolute atomic E-state index is 3.68. The van der Waals surface area contributed by atoms with Gasteiger partial charge < -0.3 is 10.6 Å². The lowest BCUT2D eigenvalue weighted by Crippen LogP contribution is -2.26. The van der Waals surface area contributed by atoms with Crippen molar-refractivity contribution < 1.29 is 0 Å². The normalized spacial score (nSPS) is 15.8. The van der Waals surface area contributed by atoms with Crippen molar-refractivity contribution in [2.24, 2.45) is 5.92 Å². The van der Waals surface area contributed by atoms with E-state index in [0.717, 1.165) is 19.0 Å². The second kappa shape index (κ2) is 7.68. The fraction of sp³-hybridized carbons (Fsp3) is 0.667. The standard InChI is InChI=1S/C18H30N2/c1-14(2)7-4-8-15(3)20-13-17-10-5-9-16-11-6-12-19-18(16)17/h5,9-10,14-15,19-20H,4,6-8,11-13H2,1-3H3. The monoisotopic (exact) mass is 274 g/mol. The van der Waals surface area contributed by atoms with Crippen LogP contribution in [0.4, 0.5) is 5.69 Å². The average molecular weight is 274 g/mol. The number of hydrogen-bond acceptors (Lipinski definition) is 2. The lowest BCUT2D eigenvalue weighted by Gasteiger charge is -2.22. The lowest BCUT2D eigenvalue weighted by molar-refractivity contribution is 0.457. The number of benzene rings is 1. The zero-order valence-corrected chi connectivity index (χ0v) is 13.3. The first-order valence-electron chi connectivity index (χ1n) is 8.25. The molecule has 0 bridgehead atoms. The molecular formula is C18H30N2. The lowest BCUT2D eigenvalue weighted by atomic mass is 9.99. The summed E-state index contributed by atoms with van der Waals surface area (Å²) in [6.07, 6.45) is 6.43. The molecule has 20 heavy (non-hydrogen) atoms. The number of nitrogens with one attached hydrogen (secondary N) is 2. The van der Waals surface area contributed by atoms with Crippen LogP contribution >= 0.6 is 0 Å². The van der Waals surface area contributed by atoms with Crippen LogP contribution in [-0.4, -0.2) is 12.6 Å². The number of anilines is 1. The van der Waals surface area contributed by atoms with Crippen molar-refractivity contribution >= 4 is 5.69 Å². The third kappa shape index (κ3) is 4.52. The summed E-state index contributed by atoms with van der Waals surface area (Å²) in [5.41, 5.74) is 4.31. The molecule has 0 aliphatic carbocycles. The molecule has 1 atom stereocenters. The fourth-order valence-electron chi connectivity index (χ4n) is 2.95. The van der Waals surface area contributed by atoms with Crippen molar-refractivity contribution in [1.82, 2.24) is 5.32 Å². The summed E-state index contributed by atoms with van der Waals surface area (Å²) in [5, 5.41) is 7.26. The van der Waals surface area contributed by atoms with Crippen molar-refractivity contribution in [1.29, 1.82) is 0 Å². The molecule has 0 aromatic heterocycles. The topological polar surface area (TPSA) is 24.1 Å². The second-order valence-corrected chi connectivity index (χ2v) is 6.59. The third-order valence-corrected chi connectivity index (χ3v) is 4.22. The zero-order valence-electron chi connectivity index (χ0n) is 13.3. The molecule has 2 nitrogen and oxygen atoms in total. The summed E-state index contributed by atoms with van der Waals surface area (Å²) >= 11 is 0. The van der Waals surface area contributed by atoms with E-state index in [1.807, 2.05) is 0 Å². The van der Waals surface area contributed by atoms with E-state index < -0.39 is 0 Å². The van der Waals surface area contributed by atoms with Crippen LogP contribution in [0.25, 0.3) is 0 Å². The highest BCUT2D eigenvalue weighted by atomic mass is 14.9. The molecule has 1 heterocycles. The van der Waals surface area contributed by atoms with E-state index in [0.29, 0.717) is 6.04 Å². The number of fused-ring (bicyclic) bond motifs is 1. The quantitative estimate of drug-likeness (QED) is 0.772. The molecule has 1 aliphatic heterocycles. The Morgan fingerprint density at radius 2 is 2.05 bits per heavy atom. The van der Waals surface area contributed by atoms with Crippen LogP contribution in [0.3, 0.4) is 0 Å². The van der Waals surface area contributed by atoms with E-state index in [-0.39, 0.29) is 0 Å². The summed E-state index contributed by atoms with van der Waals surface area (Å²) in [7, 11) is 0. The first kappa shape index (κ1) is 15.4. The molecule has 112 valence electrons. The fourth-order valence-corrected chi connectivity index (χ4v) is 2.95. The van der Waals surface area contributed by atoms with Gasteiger partial charge in [0.05, 0.1) is 0 Å². The van der Waals surface area contributed by atoms with Gasteiger partial charge in [-0.2, -0.15) is 0 Å². The first-order valence-corrected chi connectivity index (χ1v) is 8.25. The summed E-state index contributed by atoms with van der Waals surface area (Å²) in [5.74, 6) is 0.826. The van der Waals surface area contributed by atoms with E-state index >= 15 is 0 Å². The van der Waals surface area contributed by atoms with Crippen LogP contribution in [0, 0.1) is 5.92 Å². The molecule has 0 amide bonds. The summed E-state index contributed by atoms with van der Waals surface area (Å²) in [4.78, 5) is 0. The van der Waals surface area contributed by atoms with Gasteiger partial charge in [-0.05, 0) is 43.2 Å². The predicted octanol–water partition coefficient (Wildman–Crippen LogP) is 4.35. The van der Waals surface area contributed by atoms with Gasteiger partial charge in [0.25, 0.3) is 0 Å². The minimum atomic E-state index is 0.605. The minimum absolute atomic E-state index is 0.605. The summed E-state index contributed by atoms with van der Waals surface area (Å²) < 4.78 is 0. The maximum atomic E-state index is 3.68. The van der Waals surface area contributed by atoms with Gasteiger partial charge in [-0.1, -0.05) is 44.9 Å². The predicted molar refractivity (Wildman–Crippen MR) is 88.2 cm³/mol. The van der Waals surface area contributed by atoms with Gasteiger partial charge in [-0.25, -0.2) is 0 Å². The van der Waals surface area contributed by atoms with Crippen LogP contribution in [0.1, 0.15) is 57.6 Å². The summed E-state index contributed by atoms with van der Waals surface area (Å²) in [6, 6.07) is 7.32. The zero-order chi connectivity index (χ0) is 14.4. The number of aryl methyl sites for hydroxylation is 1. The van der Waals surface area contributed by atoms with Crippen molar-refractivity contribution in [3.05, 3.63) is 29.3 Å². The SMILES string of the molecule is CC(C)CCCC(C)NCc1cccc2c1NCCC2. The third-order valence-electron chi connectivity index (χ3n) is 4.22. The van der Waals surface area contributed by atoms with Gasteiger partial charge in [0.2, 0.25) is 0 Å². The molecule has 2 N–H and O–H groups in total. The Hall–Kier alpha value is -1.02. The van der Waals surface area contributed by atoms with Crippen molar-refractivity contribution in [2.75, 3.05) is 11.9 Å². The van der Waals surface area contributed by atoms with E-state index in [4.69, 9.17) is 0 Å². The van der Waals surface area contributed by atoms with Gasteiger partial charge in [-0.3, -0.25) is 0 Å². The Bertz CT molecular complexity index is 412. The highest BCUT2D eigenvalue weighted by Gasteiger charge is 2.12. The van der Waals surface area contributed by atoms with Crippen LogP contribution in [0.2, 0.25) is 0 Å². The molecule has 2 rings (SSSR count). The van der Waals surface area contributed by atoms with Gasteiger partial charge in [0.15, 0.2) is 0 Å². The van der Waals surface area contributed by atoms with E-state index in [1.165, 1.54) is 48.9 Å². The van der Waals surface area contributed by atoms with Crippen LogP contribution < -0.4 is 10.6 Å². The molecule has 1 aliphatic rings. The molecule has 0 saturated carbocycles. The van der Waals surface area contributed by atoms with Crippen LogP contribution in [0.5, 0.6) is 0 Å². The molecule has 1 aromatic carbocycles. The van der Waals surface area contributed by atoms with Crippen LogP contribution in [0.15, 0.2) is 18.2 Å². The first-order chi connectivity index (χ1) is 9.66. The molecule has 2 heteroatoms. The Labute approximate surface area is 124 Å². The van der Waals surface area contributed by atoms with Crippen molar-refractivity contribution in [3.8, 4) is 0 Å². The minimum Gasteiger partial charge on any atom is -0.385 e. The van der Waals surface area contributed by atoms with Gasteiger partial charge in [-0.15, -0.1) is 0 Å². The number of rotatable bonds is 7. The second-order valence-electron chi connectivity index (χ2n) is 6.59. The van der Waals surface area contributed by atoms with Gasteiger partial charge in [0, 0.05) is 24.8 Å². The molecule has 1 unspecified atom stereocenters. The smallest absolute Gasteiger partial charge is 0.0418 e. The van der Waals surface area contributed by atoms with E-state index in [1.54, 1.807) is 0 Å². The maximum Gasteiger partial charge on any atom is 0.0418 e. The molecular weight excluding hydrogens is 244 g/mol. The molecule has 1 aromatic rings. The van der Waals surface area contributed by atoms with Gasteiger partial charge in [0.1, 0.15) is 0 Å². The average Bonchev–Trinajstić information content (AvgIpc) is 2.44. The summed E-state index contributed by atoms with van der Waals surface area (Å²) in [6.45, 7) is 9.02. The Morgan fingerprint density at radius 3 is 2.85 bits per heavy atom. The molecule has 0 saturated heterocycles. The van der Waals surface area contributed by atoms with Crippen LogP contribution in [-0.2, 0) is 13.0 Å². The Morgan fingerprint density at radius 1 is 1.20 bits per heavy atom.